The first kappa shape index (κ1) is 13.5. The molecule has 21 heavy (non-hydrogen) atoms. The number of carbonyl (C=O) groups is 1. The molecule has 6 heteroatoms. The molecule has 2 N–H and O–H groups in total. The second kappa shape index (κ2) is 5.49. The van der Waals surface area contributed by atoms with E-state index in [4.69, 9.17) is 0 Å². The minimum absolute atomic E-state index is 0.0146. The standard InChI is InChI=1S/C15H11FN2O2S/c16-13-10(3-1-5-11(13)19)8-18-14(20)12-7-9-4-2-6-17-15(9)21-12/h1-7,19H,8H2,(H,18,20). The van der Waals surface area contributed by atoms with Gasteiger partial charge >= 0.3 is 0 Å². The predicted octanol–water partition coefficient (Wildman–Crippen LogP) is 3.07. The summed E-state index contributed by atoms with van der Waals surface area (Å²) in [6.07, 6.45) is 1.67. The molecule has 0 aliphatic heterocycles. The van der Waals surface area contributed by atoms with Crippen molar-refractivity contribution in [3.8, 4) is 5.75 Å². The highest BCUT2D eigenvalue weighted by Gasteiger charge is 2.12. The summed E-state index contributed by atoms with van der Waals surface area (Å²) in [4.78, 5) is 17.5. The van der Waals surface area contributed by atoms with E-state index in [2.05, 4.69) is 10.3 Å². The Hall–Kier alpha value is -2.47. The van der Waals surface area contributed by atoms with E-state index in [1.54, 1.807) is 18.3 Å². The van der Waals surface area contributed by atoms with Crippen molar-refractivity contribution in [1.29, 1.82) is 0 Å². The van der Waals surface area contributed by atoms with Crippen LogP contribution in [0.15, 0.2) is 42.6 Å². The van der Waals surface area contributed by atoms with E-state index in [0.29, 0.717) is 4.88 Å². The summed E-state index contributed by atoms with van der Waals surface area (Å²) in [6.45, 7) is 0.0146. The van der Waals surface area contributed by atoms with E-state index in [0.717, 1.165) is 10.2 Å². The third-order valence-electron chi connectivity index (χ3n) is 3.02. The molecule has 2 heterocycles. The Labute approximate surface area is 123 Å². The molecule has 3 aromatic rings. The lowest BCUT2D eigenvalue weighted by Gasteiger charge is -2.05. The van der Waals surface area contributed by atoms with Crippen LogP contribution in [0.3, 0.4) is 0 Å². The van der Waals surface area contributed by atoms with Gasteiger partial charge < -0.3 is 10.4 Å². The van der Waals surface area contributed by atoms with Crippen LogP contribution in [0.2, 0.25) is 0 Å². The molecule has 4 nitrogen and oxygen atoms in total. The highest BCUT2D eigenvalue weighted by Crippen LogP contribution is 2.23. The minimum Gasteiger partial charge on any atom is -0.505 e. The number of aromatic nitrogens is 1. The van der Waals surface area contributed by atoms with Crippen molar-refractivity contribution in [3.05, 3.63) is 58.9 Å². The molecule has 0 spiro atoms. The molecule has 0 saturated carbocycles. The fourth-order valence-corrected chi connectivity index (χ4v) is 2.87. The molecule has 0 radical (unpaired) electrons. The number of phenols is 1. The van der Waals surface area contributed by atoms with Gasteiger partial charge in [-0.3, -0.25) is 4.79 Å². The number of amides is 1. The number of fused-ring (bicyclic) bond motifs is 1. The maximum Gasteiger partial charge on any atom is 0.261 e. The molecule has 0 aliphatic rings. The summed E-state index contributed by atoms with van der Waals surface area (Å²) in [7, 11) is 0. The van der Waals surface area contributed by atoms with Gasteiger partial charge in [0.05, 0.1) is 4.88 Å². The Morgan fingerprint density at radius 3 is 3.00 bits per heavy atom. The smallest absolute Gasteiger partial charge is 0.261 e. The zero-order valence-electron chi connectivity index (χ0n) is 10.8. The van der Waals surface area contributed by atoms with Crippen molar-refractivity contribution in [2.45, 2.75) is 6.54 Å². The van der Waals surface area contributed by atoms with Crippen molar-refractivity contribution in [2.24, 2.45) is 0 Å². The van der Waals surface area contributed by atoms with E-state index in [1.807, 2.05) is 6.07 Å². The number of pyridine rings is 1. The Morgan fingerprint density at radius 1 is 1.33 bits per heavy atom. The maximum atomic E-state index is 13.6. The number of nitrogens with zero attached hydrogens (tertiary/aromatic N) is 1. The molecular weight excluding hydrogens is 291 g/mol. The van der Waals surface area contributed by atoms with Crippen LogP contribution in [0, 0.1) is 5.82 Å². The predicted molar refractivity (Wildman–Crippen MR) is 78.9 cm³/mol. The Bertz CT molecular complexity index is 783. The fourth-order valence-electron chi connectivity index (χ4n) is 1.95. The highest BCUT2D eigenvalue weighted by molar-refractivity contribution is 7.20. The number of benzene rings is 1. The van der Waals surface area contributed by atoms with E-state index in [1.165, 1.54) is 29.5 Å². The normalized spacial score (nSPS) is 10.7. The van der Waals surface area contributed by atoms with Gasteiger partial charge in [-0.1, -0.05) is 18.2 Å². The summed E-state index contributed by atoms with van der Waals surface area (Å²) < 4.78 is 13.6. The number of aromatic hydroxyl groups is 1. The quantitative estimate of drug-likeness (QED) is 0.781. The SMILES string of the molecule is O=C(NCc1cccc(O)c1F)c1cc2cccnc2s1. The molecule has 0 bridgehead atoms. The van der Waals surface area contributed by atoms with Crippen LogP contribution in [-0.2, 0) is 6.54 Å². The average molecular weight is 302 g/mol. The topological polar surface area (TPSA) is 62.2 Å². The van der Waals surface area contributed by atoms with Gasteiger partial charge in [0, 0.05) is 23.7 Å². The second-order valence-electron chi connectivity index (χ2n) is 4.44. The zero-order valence-corrected chi connectivity index (χ0v) is 11.7. The summed E-state index contributed by atoms with van der Waals surface area (Å²) in [5.41, 5.74) is 0.239. The molecule has 2 aromatic heterocycles. The minimum atomic E-state index is -0.712. The van der Waals surface area contributed by atoms with Crippen LogP contribution in [-0.4, -0.2) is 16.0 Å². The Morgan fingerprint density at radius 2 is 2.19 bits per heavy atom. The molecule has 106 valence electrons. The van der Waals surface area contributed by atoms with Gasteiger partial charge in [0.25, 0.3) is 5.91 Å². The van der Waals surface area contributed by atoms with E-state index in [-0.39, 0.29) is 18.0 Å². The molecule has 0 atom stereocenters. The van der Waals surface area contributed by atoms with Gasteiger partial charge in [-0.15, -0.1) is 11.3 Å². The van der Waals surface area contributed by atoms with Crippen LogP contribution >= 0.6 is 11.3 Å². The van der Waals surface area contributed by atoms with Crippen LogP contribution < -0.4 is 5.32 Å². The van der Waals surface area contributed by atoms with Gasteiger partial charge in [-0.25, -0.2) is 9.37 Å². The number of hydrogen-bond acceptors (Lipinski definition) is 4. The third kappa shape index (κ3) is 2.71. The van der Waals surface area contributed by atoms with Gasteiger partial charge in [0.2, 0.25) is 0 Å². The molecule has 0 fully saturated rings. The van der Waals surface area contributed by atoms with E-state index >= 15 is 0 Å². The van der Waals surface area contributed by atoms with E-state index < -0.39 is 11.6 Å². The molecule has 1 amide bonds. The van der Waals surface area contributed by atoms with E-state index in [9.17, 15) is 14.3 Å². The zero-order chi connectivity index (χ0) is 14.8. The summed E-state index contributed by atoms with van der Waals surface area (Å²) >= 11 is 1.28. The van der Waals surface area contributed by atoms with Crippen molar-refractivity contribution in [1.82, 2.24) is 10.3 Å². The lowest BCUT2D eigenvalue weighted by atomic mass is 10.2. The molecule has 0 aliphatic carbocycles. The monoisotopic (exact) mass is 302 g/mol. The number of halogens is 1. The van der Waals surface area contributed by atoms with Crippen molar-refractivity contribution in [2.75, 3.05) is 0 Å². The number of hydrogen-bond donors (Lipinski definition) is 2. The summed E-state index contributed by atoms with van der Waals surface area (Å²) in [5.74, 6) is -1.43. The summed E-state index contributed by atoms with van der Waals surface area (Å²) in [6, 6.07) is 9.74. The second-order valence-corrected chi connectivity index (χ2v) is 5.47. The first-order chi connectivity index (χ1) is 10.1. The number of phenolic OH excluding ortho intramolecular Hbond substituents is 1. The Kier molecular flexibility index (Phi) is 3.53. The lowest BCUT2D eigenvalue weighted by molar-refractivity contribution is 0.0954. The van der Waals surface area contributed by atoms with Crippen molar-refractivity contribution < 1.29 is 14.3 Å². The van der Waals surface area contributed by atoms with Crippen LogP contribution in [0.5, 0.6) is 5.75 Å². The first-order valence-electron chi connectivity index (χ1n) is 6.24. The fraction of sp³-hybridized carbons (Fsp3) is 0.0667. The lowest BCUT2D eigenvalue weighted by Crippen LogP contribution is -2.22. The van der Waals surface area contributed by atoms with Gasteiger partial charge in [-0.2, -0.15) is 0 Å². The first-order valence-corrected chi connectivity index (χ1v) is 7.06. The molecule has 3 rings (SSSR count). The van der Waals surface area contributed by atoms with Crippen LogP contribution in [0.4, 0.5) is 4.39 Å². The molecular formula is C15H11FN2O2S. The highest BCUT2D eigenvalue weighted by atomic mass is 32.1. The van der Waals surface area contributed by atoms with Gasteiger partial charge in [0.15, 0.2) is 11.6 Å². The van der Waals surface area contributed by atoms with Crippen molar-refractivity contribution >= 4 is 27.5 Å². The Balaban J connectivity index is 1.76. The molecule has 1 aromatic carbocycles. The van der Waals surface area contributed by atoms with Crippen LogP contribution in [0.25, 0.3) is 10.2 Å². The number of thiophene rings is 1. The third-order valence-corrected chi connectivity index (χ3v) is 4.07. The largest absolute Gasteiger partial charge is 0.505 e. The average Bonchev–Trinajstić information content (AvgIpc) is 2.92. The molecule has 0 saturated heterocycles. The number of carbonyl (C=O) groups excluding carboxylic acids is 1. The molecule has 0 unspecified atom stereocenters. The van der Waals surface area contributed by atoms with Crippen molar-refractivity contribution in [3.63, 3.8) is 0 Å². The van der Waals surface area contributed by atoms with Gasteiger partial charge in [-0.05, 0) is 18.2 Å². The van der Waals surface area contributed by atoms with Crippen LogP contribution in [0.1, 0.15) is 15.2 Å². The summed E-state index contributed by atoms with van der Waals surface area (Å²) in [5, 5.41) is 12.8. The number of nitrogens with one attached hydrogen (secondary N) is 1. The van der Waals surface area contributed by atoms with Gasteiger partial charge in [0.1, 0.15) is 4.83 Å². The maximum absolute atomic E-state index is 13.6. The number of rotatable bonds is 3.